The molecular weight excluding hydrogens is 292 g/mol. The molecule has 0 fully saturated rings. The molecule has 20 heavy (non-hydrogen) atoms. The molecule has 0 amide bonds. The maximum atomic E-state index is 10.7. The monoisotopic (exact) mass is 304 g/mol. The van der Waals surface area contributed by atoms with Gasteiger partial charge in [-0.3, -0.25) is 0 Å². The summed E-state index contributed by atoms with van der Waals surface area (Å²) in [6.45, 7) is 0. The fourth-order valence-corrected chi connectivity index (χ4v) is 2.03. The van der Waals surface area contributed by atoms with Crippen molar-refractivity contribution in [3.63, 3.8) is 0 Å². The van der Waals surface area contributed by atoms with Crippen LogP contribution in [-0.2, 0) is 0 Å². The second-order valence-corrected chi connectivity index (χ2v) is 4.94. The first-order valence-electron chi connectivity index (χ1n) is 5.75. The number of carboxylic acids is 1. The number of carbonyl (C=O) groups is 1. The summed E-state index contributed by atoms with van der Waals surface area (Å²) in [7, 11) is 0. The van der Waals surface area contributed by atoms with E-state index in [0.717, 1.165) is 16.3 Å². The Hall–Kier alpha value is -2.05. The SMILES string of the molecule is O=C(O)c1ccc(NC(=S)Nc2cccc(S)c2)cc1. The van der Waals surface area contributed by atoms with Crippen LogP contribution in [0.5, 0.6) is 0 Å². The van der Waals surface area contributed by atoms with Crippen LogP contribution in [0.2, 0.25) is 0 Å². The molecule has 102 valence electrons. The van der Waals surface area contributed by atoms with Gasteiger partial charge in [0, 0.05) is 16.3 Å². The van der Waals surface area contributed by atoms with Gasteiger partial charge in [-0.05, 0) is 54.7 Å². The predicted molar refractivity (Wildman–Crippen MR) is 86.9 cm³/mol. The zero-order valence-corrected chi connectivity index (χ0v) is 12.0. The van der Waals surface area contributed by atoms with E-state index >= 15 is 0 Å². The Morgan fingerprint density at radius 1 is 1.05 bits per heavy atom. The first-order chi connectivity index (χ1) is 9.54. The van der Waals surface area contributed by atoms with Gasteiger partial charge in [0.25, 0.3) is 0 Å². The van der Waals surface area contributed by atoms with E-state index < -0.39 is 5.97 Å². The van der Waals surface area contributed by atoms with Crippen LogP contribution in [0.4, 0.5) is 11.4 Å². The van der Waals surface area contributed by atoms with E-state index in [1.807, 2.05) is 24.3 Å². The number of thiol groups is 1. The Balaban J connectivity index is 1.99. The second-order valence-electron chi connectivity index (χ2n) is 4.01. The minimum Gasteiger partial charge on any atom is -0.478 e. The van der Waals surface area contributed by atoms with Crippen LogP contribution in [-0.4, -0.2) is 16.2 Å². The van der Waals surface area contributed by atoms with E-state index in [-0.39, 0.29) is 5.56 Å². The number of rotatable bonds is 3. The molecule has 0 saturated carbocycles. The molecular formula is C14H12N2O2S2. The highest BCUT2D eigenvalue weighted by atomic mass is 32.1. The average molecular weight is 304 g/mol. The summed E-state index contributed by atoms with van der Waals surface area (Å²) in [4.78, 5) is 11.6. The lowest BCUT2D eigenvalue weighted by molar-refractivity contribution is 0.0697. The maximum absolute atomic E-state index is 10.7. The number of benzene rings is 2. The minimum absolute atomic E-state index is 0.234. The van der Waals surface area contributed by atoms with Crippen molar-refractivity contribution >= 4 is 47.3 Å². The average Bonchev–Trinajstić information content (AvgIpc) is 2.39. The summed E-state index contributed by atoms with van der Waals surface area (Å²) in [6.07, 6.45) is 0. The van der Waals surface area contributed by atoms with Crippen molar-refractivity contribution in [2.45, 2.75) is 4.90 Å². The van der Waals surface area contributed by atoms with Gasteiger partial charge < -0.3 is 15.7 Å². The Bertz CT molecular complexity index is 642. The standard InChI is InChI=1S/C14H12N2O2S2/c17-13(18)9-4-6-10(7-5-9)15-14(20)16-11-2-1-3-12(19)8-11/h1-8,19H,(H,17,18)(H2,15,16,20). The topological polar surface area (TPSA) is 61.4 Å². The number of hydrogen-bond acceptors (Lipinski definition) is 3. The fourth-order valence-electron chi connectivity index (χ4n) is 1.57. The van der Waals surface area contributed by atoms with Gasteiger partial charge in [-0.1, -0.05) is 6.07 Å². The van der Waals surface area contributed by atoms with Gasteiger partial charge in [-0.15, -0.1) is 12.6 Å². The Labute approximate surface area is 127 Å². The van der Waals surface area contributed by atoms with Crippen LogP contribution in [0.25, 0.3) is 0 Å². The van der Waals surface area contributed by atoms with E-state index in [4.69, 9.17) is 17.3 Å². The predicted octanol–water partition coefficient (Wildman–Crippen LogP) is 3.48. The van der Waals surface area contributed by atoms with Gasteiger partial charge in [-0.2, -0.15) is 0 Å². The molecule has 2 aromatic carbocycles. The third kappa shape index (κ3) is 3.97. The lowest BCUT2D eigenvalue weighted by atomic mass is 10.2. The molecule has 6 heteroatoms. The van der Waals surface area contributed by atoms with Gasteiger partial charge >= 0.3 is 5.97 Å². The van der Waals surface area contributed by atoms with E-state index in [1.165, 1.54) is 12.1 Å². The van der Waals surface area contributed by atoms with Gasteiger partial charge in [0.05, 0.1) is 5.56 Å². The van der Waals surface area contributed by atoms with Crippen LogP contribution in [0, 0.1) is 0 Å². The molecule has 2 aromatic rings. The summed E-state index contributed by atoms with van der Waals surface area (Å²) in [6, 6.07) is 13.8. The number of hydrogen-bond donors (Lipinski definition) is 4. The highest BCUT2D eigenvalue weighted by Crippen LogP contribution is 2.14. The zero-order valence-electron chi connectivity index (χ0n) is 10.3. The zero-order chi connectivity index (χ0) is 14.5. The lowest BCUT2D eigenvalue weighted by Gasteiger charge is -2.11. The molecule has 0 aliphatic carbocycles. The molecule has 0 heterocycles. The number of thiocarbonyl (C=S) groups is 1. The molecule has 0 aliphatic heterocycles. The number of nitrogens with one attached hydrogen (secondary N) is 2. The fraction of sp³-hybridized carbons (Fsp3) is 0. The summed E-state index contributed by atoms with van der Waals surface area (Å²) >= 11 is 9.43. The summed E-state index contributed by atoms with van der Waals surface area (Å²) in [5.41, 5.74) is 1.78. The molecule has 3 N–H and O–H groups in total. The smallest absolute Gasteiger partial charge is 0.335 e. The third-order valence-electron chi connectivity index (χ3n) is 2.49. The highest BCUT2D eigenvalue weighted by molar-refractivity contribution is 7.80. The number of aromatic carboxylic acids is 1. The molecule has 2 rings (SSSR count). The number of carboxylic acid groups (broad SMARTS) is 1. The van der Waals surface area contributed by atoms with Crippen LogP contribution >= 0.6 is 24.8 Å². The van der Waals surface area contributed by atoms with E-state index in [9.17, 15) is 4.79 Å². The Morgan fingerprint density at radius 2 is 1.70 bits per heavy atom. The minimum atomic E-state index is -0.956. The quantitative estimate of drug-likeness (QED) is 0.516. The van der Waals surface area contributed by atoms with Crippen molar-refractivity contribution in [2.24, 2.45) is 0 Å². The van der Waals surface area contributed by atoms with Gasteiger partial charge in [0.15, 0.2) is 5.11 Å². The molecule has 0 aromatic heterocycles. The molecule has 0 unspecified atom stereocenters. The van der Waals surface area contributed by atoms with E-state index in [1.54, 1.807) is 12.1 Å². The third-order valence-corrected chi connectivity index (χ3v) is 2.98. The van der Waals surface area contributed by atoms with Crippen LogP contribution in [0.3, 0.4) is 0 Å². The van der Waals surface area contributed by atoms with Gasteiger partial charge in [0.2, 0.25) is 0 Å². The molecule has 0 saturated heterocycles. The largest absolute Gasteiger partial charge is 0.478 e. The molecule has 0 aliphatic rings. The normalized spacial score (nSPS) is 9.85. The number of anilines is 2. The van der Waals surface area contributed by atoms with Crippen LogP contribution in [0.15, 0.2) is 53.4 Å². The summed E-state index contributed by atoms with van der Waals surface area (Å²) in [5, 5.41) is 15.2. The first kappa shape index (κ1) is 14.4. The molecule has 0 bridgehead atoms. The molecule has 0 radical (unpaired) electrons. The van der Waals surface area contributed by atoms with Crippen molar-refractivity contribution < 1.29 is 9.90 Å². The van der Waals surface area contributed by atoms with Crippen molar-refractivity contribution in [3.05, 3.63) is 54.1 Å². The van der Waals surface area contributed by atoms with Crippen molar-refractivity contribution in [2.75, 3.05) is 10.6 Å². The lowest BCUT2D eigenvalue weighted by Crippen LogP contribution is -2.19. The van der Waals surface area contributed by atoms with E-state index in [2.05, 4.69) is 23.3 Å². The highest BCUT2D eigenvalue weighted by Gasteiger charge is 2.03. The van der Waals surface area contributed by atoms with Gasteiger partial charge in [0.1, 0.15) is 0 Å². The molecule has 0 atom stereocenters. The Morgan fingerprint density at radius 3 is 2.30 bits per heavy atom. The van der Waals surface area contributed by atoms with Crippen LogP contribution in [0.1, 0.15) is 10.4 Å². The van der Waals surface area contributed by atoms with Crippen molar-refractivity contribution in [1.82, 2.24) is 0 Å². The molecule has 4 nitrogen and oxygen atoms in total. The van der Waals surface area contributed by atoms with Crippen molar-refractivity contribution in [1.29, 1.82) is 0 Å². The second kappa shape index (κ2) is 6.40. The summed E-state index contributed by atoms with van der Waals surface area (Å²) < 4.78 is 0. The van der Waals surface area contributed by atoms with Crippen molar-refractivity contribution in [3.8, 4) is 0 Å². The van der Waals surface area contributed by atoms with Crippen LogP contribution < -0.4 is 10.6 Å². The van der Waals surface area contributed by atoms with E-state index in [0.29, 0.717) is 5.11 Å². The maximum Gasteiger partial charge on any atom is 0.335 e. The first-order valence-corrected chi connectivity index (χ1v) is 6.60. The van der Waals surface area contributed by atoms with Gasteiger partial charge in [-0.25, -0.2) is 4.79 Å². The summed E-state index contributed by atoms with van der Waals surface area (Å²) in [5.74, 6) is -0.956. The molecule has 0 spiro atoms. The Kier molecular flexibility index (Phi) is 4.60.